The normalized spacial score (nSPS) is 10.3. The minimum absolute atomic E-state index is 0.0729. The standard InChI is InChI=1S/C15H12N2O3S/c16-21(19,20)14-8-4-7-13(11-14)17-15(18)10-9-12-5-2-1-3-6-12/h1-8,11H,(H,17,18)(H2,16,19,20). The number of primary sulfonamides is 1. The highest BCUT2D eigenvalue weighted by Gasteiger charge is 2.08. The Kier molecular flexibility index (Phi) is 4.38. The Morgan fingerprint density at radius 1 is 1.05 bits per heavy atom. The van der Waals surface area contributed by atoms with Crippen LogP contribution in [0.3, 0.4) is 0 Å². The van der Waals surface area contributed by atoms with Crippen LogP contribution in [0, 0.1) is 11.8 Å². The van der Waals surface area contributed by atoms with Crippen molar-refractivity contribution in [2.45, 2.75) is 4.90 Å². The third kappa shape index (κ3) is 4.45. The molecule has 2 rings (SSSR count). The highest BCUT2D eigenvalue weighted by molar-refractivity contribution is 7.89. The zero-order valence-corrected chi connectivity index (χ0v) is 11.7. The first-order chi connectivity index (χ1) is 9.95. The molecule has 0 atom stereocenters. The first kappa shape index (κ1) is 14.8. The molecule has 3 N–H and O–H groups in total. The van der Waals surface area contributed by atoms with E-state index >= 15 is 0 Å². The number of hydrogen-bond acceptors (Lipinski definition) is 3. The monoisotopic (exact) mass is 300 g/mol. The van der Waals surface area contributed by atoms with E-state index in [0.717, 1.165) is 0 Å². The topological polar surface area (TPSA) is 89.3 Å². The van der Waals surface area contributed by atoms with Gasteiger partial charge < -0.3 is 5.32 Å². The number of carbonyl (C=O) groups excluding carboxylic acids is 1. The second kappa shape index (κ2) is 6.22. The van der Waals surface area contributed by atoms with E-state index in [1.54, 1.807) is 18.2 Å². The minimum atomic E-state index is -3.80. The molecular weight excluding hydrogens is 288 g/mol. The van der Waals surface area contributed by atoms with Gasteiger partial charge in [-0.15, -0.1) is 0 Å². The van der Waals surface area contributed by atoms with Gasteiger partial charge in [0.05, 0.1) is 4.90 Å². The summed E-state index contributed by atoms with van der Waals surface area (Å²) in [5.74, 6) is 4.59. The fourth-order valence-electron chi connectivity index (χ4n) is 1.56. The van der Waals surface area contributed by atoms with E-state index in [9.17, 15) is 13.2 Å². The molecule has 5 nitrogen and oxygen atoms in total. The summed E-state index contributed by atoms with van der Waals surface area (Å²) in [7, 11) is -3.80. The quantitative estimate of drug-likeness (QED) is 0.820. The molecule has 0 unspecified atom stereocenters. The molecule has 0 aliphatic heterocycles. The lowest BCUT2D eigenvalue weighted by Crippen LogP contribution is -2.13. The van der Waals surface area contributed by atoms with Gasteiger partial charge in [0.15, 0.2) is 0 Å². The Balaban J connectivity index is 2.12. The summed E-state index contributed by atoms with van der Waals surface area (Å²) in [5, 5.41) is 7.51. The summed E-state index contributed by atoms with van der Waals surface area (Å²) in [4.78, 5) is 11.6. The molecule has 6 heteroatoms. The van der Waals surface area contributed by atoms with Crippen molar-refractivity contribution in [3.05, 3.63) is 60.2 Å². The molecular formula is C15H12N2O3S. The molecule has 0 spiro atoms. The lowest BCUT2D eigenvalue weighted by molar-refractivity contribution is -0.111. The maximum atomic E-state index is 11.7. The van der Waals surface area contributed by atoms with Gasteiger partial charge in [0.25, 0.3) is 0 Å². The van der Waals surface area contributed by atoms with Gasteiger partial charge >= 0.3 is 5.91 Å². The average molecular weight is 300 g/mol. The highest BCUT2D eigenvalue weighted by atomic mass is 32.2. The summed E-state index contributed by atoms with van der Waals surface area (Å²) >= 11 is 0. The molecule has 0 saturated heterocycles. The van der Waals surface area contributed by atoms with E-state index in [1.165, 1.54) is 18.2 Å². The number of carbonyl (C=O) groups is 1. The maximum Gasteiger partial charge on any atom is 0.300 e. The van der Waals surface area contributed by atoms with Crippen molar-refractivity contribution in [3.63, 3.8) is 0 Å². The van der Waals surface area contributed by atoms with E-state index < -0.39 is 15.9 Å². The Bertz CT molecular complexity index is 819. The number of anilines is 1. The Morgan fingerprint density at radius 2 is 1.76 bits per heavy atom. The second-order valence-corrected chi connectivity index (χ2v) is 5.70. The summed E-state index contributed by atoms with van der Waals surface area (Å²) < 4.78 is 22.4. The largest absolute Gasteiger partial charge is 0.315 e. The van der Waals surface area contributed by atoms with Crippen molar-refractivity contribution >= 4 is 21.6 Å². The molecule has 0 aliphatic carbocycles. The summed E-state index contributed by atoms with van der Waals surface area (Å²) in [5.41, 5.74) is 1.03. The van der Waals surface area contributed by atoms with Crippen LogP contribution in [-0.2, 0) is 14.8 Å². The SMILES string of the molecule is NS(=O)(=O)c1cccc(NC(=O)C#Cc2ccccc2)c1. The van der Waals surface area contributed by atoms with Crippen LogP contribution >= 0.6 is 0 Å². The molecule has 21 heavy (non-hydrogen) atoms. The fraction of sp³-hybridized carbons (Fsp3) is 0. The molecule has 0 saturated carbocycles. The van der Waals surface area contributed by atoms with Gasteiger partial charge in [0.2, 0.25) is 10.0 Å². The molecule has 0 aliphatic rings. The van der Waals surface area contributed by atoms with E-state index in [2.05, 4.69) is 17.2 Å². The summed E-state index contributed by atoms with van der Waals surface area (Å²) in [6.07, 6.45) is 0. The number of amides is 1. The molecule has 106 valence electrons. The van der Waals surface area contributed by atoms with Gasteiger partial charge in [-0.05, 0) is 30.3 Å². The van der Waals surface area contributed by atoms with Crippen LogP contribution in [0.4, 0.5) is 5.69 Å². The summed E-state index contributed by atoms with van der Waals surface area (Å²) in [6.45, 7) is 0. The Morgan fingerprint density at radius 3 is 2.43 bits per heavy atom. The highest BCUT2D eigenvalue weighted by Crippen LogP contribution is 2.13. The van der Waals surface area contributed by atoms with Crippen LogP contribution in [0.1, 0.15) is 5.56 Å². The van der Waals surface area contributed by atoms with Crippen LogP contribution in [-0.4, -0.2) is 14.3 Å². The van der Waals surface area contributed by atoms with E-state index in [0.29, 0.717) is 11.3 Å². The first-order valence-electron chi connectivity index (χ1n) is 5.96. The van der Waals surface area contributed by atoms with E-state index in [4.69, 9.17) is 5.14 Å². The number of hydrogen-bond donors (Lipinski definition) is 2. The molecule has 0 fully saturated rings. The fourth-order valence-corrected chi connectivity index (χ4v) is 2.12. The van der Waals surface area contributed by atoms with Gasteiger partial charge in [0.1, 0.15) is 0 Å². The van der Waals surface area contributed by atoms with Crippen LogP contribution in [0.5, 0.6) is 0 Å². The minimum Gasteiger partial charge on any atom is -0.315 e. The lowest BCUT2D eigenvalue weighted by atomic mass is 10.2. The maximum absolute atomic E-state index is 11.7. The summed E-state index contributed by atoms with van der Waals surface area (Å²) in [6, 6.07) is 14.7. The number of rotatable bonds is 2. The zero-order chi connectivity index (χ0) is 15.3. The van der Waals surface area contributed by atoms with Crippen molar-refractivity contribution in [2.24, 2.45) is 5.14 Å². The van der Waals surface area contributed by atoms with Crippen molar-refractivity contribution in [1.29, 1.82) is 0 Å². The van der Waals surface area contributed by atoms with Crippen molar-refractivity contribution in [2.75, 3.05) is 5.32 Å². The van der Waals surface area contributed by atoms with Gasteiger partial charge in [-0.1, -0.05) is 30.2 Å². The third-order valence-electron chi connectivity index (χ3n) is 2.51. The average Bonchev–Trinajstić information content (AvgIpc) is 2.46. The lowest BCUT2D eigenvalue weighted by Gasteiger charge is -2.03. The van der Waals surface area contributed by atoms with E-state index in [1.807, 2.05) is 18.2 Å². The third-order valence-corrected chi connectivity index (χ3v) is 3.43. The van der Waals surface area contributed by atoms with Crippen LogP contribution in [0.15, 0.2) is 59.5 Å². The van der Waals surface area contributed by atoms with Gasteiger partial charge in [-0.25, -0.2) is 13.6 Å². The molecule has 1 amide bonds. The van der Waals surface area contributed by atoms with E-state index in [-0.39, 0.29) is 4.90 Å². The zero-order valence-electron chi connectivity index (χ0n) is 10.9. The number of sulfonamides is 1. The molecule has 0 radical (unpaired) electrons. The smallest absolute Gasteiger partial charge is 0.300 e. The first-order valence-corrected chi connectivity index (χ1v) is 7.51. The number of benzene rings is 2. The van der Waals surface area contributed by atoms with Crippen LogP contribution < -0.4 is 10.5 Å². The number of nitrogens with one attached hydrogen (secondary N) is 1. The van der Waals surface area contributed by atoms with Crippen LogP contribution in [0.25, 0.3) is 0 Å². The van der Waals surface area contributed by atoms with Crippen molar-refractivity contribution in [3.8, 4) is 11.8 Å². The van der Waals surface area contributed by atoms with Crippen molar-refractivity contribution < 1.29 is 13.2 Å². The molecule has 2 aromatic carbocycles. The van der Waals surface area contributed by atoms with Gasteiger partial charge in [0, 0.05) is 17.2 Å². The molecule has 2 aromatic rings. The molecule has 0 heterocycles. The molecule has 0 bridgehead atoms. The number of nitrogens with two attached hydrogens (primary N) is 1. The molecule has 0 aromatic heterocycles. The van der Waals surface area contributed by atoms with Crippen LogP contribution in [0.2, 0.25) is 0 Å². The predicted octanol–water partition coefficient (Wildman–Crippen LogP) is 1.32. The second-order valence-electron chi connectivity index (χ2n) is 4.14. The predicted molar refractivity (Wildman–Crippen MR) is 79.8 cm³/mol. The van der Waals surface area contributed by atoms with Crippen molar-refractivity contribution in [1.82, 2.24) is 0 Å². The van der Waals surface area contributed by atoms with Gasteiger partial charge in [-0.2, -0.15) is 0 Å². The van der Waals surface area contributed by atoms with Gasteiger partial charge in [-0.3, -0.25) is 4.79 Å². The Labute approximate surface area is 122 Å². The Hall–Kier alpha value is -2.62.